The number of hydrogen-bond donors (Lipinski definition) is 0. The number of ether oxygens (including phenoxy) is 1. The minimum Gasteiger partial charge on any atom is -0.372 e. The van der Waals surface area contributed by atoms with Gasteiger partial charge < -0.3 is 4.74 Å². The van der Waals surface area contributed by atoms with Gasteiger partial charge in [0.15, 0.2) is 0 Å². The van der Waals surface area contributed by atoms with Crippen LogP contribution >= 0.6 is 0 Å². The molecule has 0 aromatic rings. The molecule has 0 heterocycles. The molecule has 1 heteroatoms. The van der Waals surface area contributed by atoms with E-state index >= 15 is 0 Å². The first kappa shape index (κ1) is 11.0. The van der Waals surface area contributed by atoms with Crippen molar-refractivity contribution in [2.75, 3.05) is 0 Å². The third-order valence-corrected chi connectivity index (χ3v) is 2.75. The molecule has 0 atom stereocenters. The van der Waals surface area contributed by atoms with Gasteiger partial charge >= 0.3 is 0 Å². The fourth-order valence-electron chi connectivity index (χ4n) is 1.88. The Balaban J connectivity index is 2.06. The Kier molecular flexibility index (Phi) is 6.26. The molecule has 1 aliphatic rings. The third-order valence-electron chi connectivity index (χ3n) is 2.75. The fourth-order valence-corrected chi connectivity index (χ4v) is 1.88. The summed E-state index contributed by atoms with van der Waals surface area (Å²) >= 11 is 0. The zero-order chi connectivity index (χ0) is 9.36. The van der Waals surface area contributed by atoms with Gasteiger partial charge in [-0.05, 0) is 19.3 Å². The standard InChI is InChI=1S/C12H23O/c1-2-3-11-13-12-9-7-5-4-6-8-10-12/h11-12H,2-10H2,1H3. The van der Waals surface area contributed by atoms with E-state index in [0.717, 1.165) is 6.42 Å². The summed E-state index contributed by atoms with van der Waals surface area (Å²) in [6.45, 7) is 4.21. The van der Waals surface area contributed by atoms with E-state index in [-0.39, 0.29) is 0 Å². The van der Waals surface area contributed by atoms with Crippen molar-refractivity contribution in [2.45, 2.75) is 70.8 Å². The van der Waals surface area contributed by atoms with Crippen LogP contribution in [0.25, 0.3) is 0 Å². The lowest BCUT2D eigenvalue weighted by atomic mass is 9.98. The molecule has 0 saturated heterocycles. The van der Waals surface area contributed by atoms with Crippen LogP contribution in [0.2, 0.25) is 0 Å². The van der Waals surface area contributed by atoms with Crippen LogP contribution in [0.5, 0.6) is 0 Å². The quantitative estimate of drug-likeness (QED) is 0.597. The largest absolute Gasteiger partial charge is 0.372 e. The van der Waals surface area contributed by atoms with Crippen LogP contribution in [0.1, 0.15) is 64.7 Å². The van der Waals surface area contributed by atoms with Gasteiger partial charge in [-0.3, -0.25) is 0 Å². The fraction of sp³-hybridized carbons (Fsp3) is 0.917. The van der Waals surface area contributed by atoms with Gasteiger partial charge in [-0.25, -0.2) is 0 Å². The van der Waals surface area contributed by atoms with Crippen LogP contribution in [-0.2, 0) is 4.74 Å². The van der Waals surface area contributed by atoms with Gasteiger partial charge in [-0.15, -0.1) is 0 Å². The van der Waals surface area contributed by atoms with E-state index in [1.165, 1.54) is 51.4 Å². The first-order valence-electron chi connectivity index (χ1n) is 5.90. The highest BCUT2D eigenvalue weighted by atomic mass is 16.5. The molecular weight excluding hydrogens is 160 g/mol. The van der Waals surface area contributed by atoms with Crippen LogP contribution in [0.4, 0.5) is 0 Å². The van der Waals surface area contributed by atoms with E-state index in [9.17, 15) is 0 Å². The second-order valence-corrected chi connectivity index (χ2v) is 4.06. The van der Waals surface area contributed by atoms with E-state index in [0.29, 0.717) is 6.10 Å². The van der Waals surface area contributed by atoms with Gasteiger partial charge in [0.05, 0.1) is 12.7 Å². The summed E-state index contributed by atoms with van der Waals surface area (Å²) in [6.07, 6.45) is 12.4. The Morgan fingerprint density at radius 3 is 2.31 bits per heavy atom. The normalized spacial score (nSPS) is 21.0. The number of rotatable bonds is 4. The second-order valence-electron chi connectivity index (χ2n) is 4.06. The topological polar surface area (TPSA) is 9.23 Å². The number of hydrogen-bond acceptors (Lipinski definition) is 1. The zero-order valence-electron chi connectivity index (χ0n) is 8.93. The highest BCUT2D eigenvalue weighted by molar-refractivity contribution is 4.65. The van der Waals surface area contributed by atoms with Crippen molar-refractivity contribution < 1.29 is 4.74 Å². The molecule has 0 N–H and O–H groups in total. The summed E-state index contributed by atoms with van der Waals surface area (Å²) in [5, 5.41) is 0. The molecule has 1 rings (SSSR count). The Morgan fingerprint density at radius 1 is 1.08 bits per heavy atom. The second kappa shape index (κ2) is 7.37. The van der Waals surface area contributed by atoms with E-state index in [1.54, 1.807) is 0 Å². The molecule has 0 spiro atoms. The Bertz CT molecular complexity index is 104. The lowest BCUT2D eigenvalue weighted by Gasteiger charge is -2.19. The minimum absolute atomic E-state index is 0.534. The lowest BCUT2D eigenvalue weighted by molar-refractivity contribution is 0.0777. The van der Waals surface area contributed by atoms with Crippen molar-refractivity contribution in [2.24, 2.45) is 0 Å². The maximum atomic E-state index is 5.73. The molecule has 1 saturated carbocycles. The Hall–Kier alpha value is -0.0400. The summed E-state index contributed by atoms with van der Waals surface area (Å²) < 4.78 is 5.73. The summed E-state index contributed by atoms with van der Waals surface area (Å²) in [4.78, 5) is 0. The van der Waals surface area contributed by atoms with E-state index < -0.39 is 0 Å². The molecule has 0 aliphatic heterocycles. The smallest absolute Gasteiger partial charge is 0.0840 e. The first-order valence-corrected chi connectivity index (χ1v) is 5.90. The average molecular weight is 183 g/mol. The zero-order valence-corrected chi connectivity index (χ0v) is 8.93. The lowest BCUT2D eigenvalue weighted by Crippen LogP contribution is -2.13. The summed E-state index contributed by atoms with van der Waals surface area (Å²) in [7, 11) is 0. The van der Waals surface area contributed by atoms with Gasteiger partial charge in [0, 0.05) is 0 Å². The average Bonchev–Trinajstić information content (AvgIpc) is 2.08. The molecule has 1 fully saturated rings. The van der Waals surface area contributed by atoms with Gasteiger partial charge in [0.25, 0.3) is 0 Å². The molecule has 1 nitrogen and oxygen atoms in total. The molecule has 0 aromatic heterocycles. The summed E-state index contributed by atoms with van der Waals surface area (Å²) in [5.41, 5.74) is 0. The molecule has 13 heavy (non-hydrogen) atoms. The highest BCUT2D eigenvalue weighted by Crippen LogP contribution is 2.20. The van der Waals surface area contributed by atoms with Gasteiger partial charge in [-0.2, -0.15) is 0 Å². The SMILES string of the molecule is CCC[CH]OC1CCCCCCC1. The molecule has 0 bridgehead atoms. The van der Waals surface area contributed by atoms with Crippen LogP contribution in [0.15, 0.2) is 0 Å². The van der Waals surface area contributed by atoms with E-state index in [4.69, 9.17) is 4.74 Å². The van der Waals surface area contributed by atoms with Crippen molar-refractivity contribution in [3.8, 4) is 0 Å². The molecule has 1 aliphatic carbocycles. The van der Waals surface area contributed by atoms with E-state index in [1.807, 2.05) is 6.61 Å². The van der Waals surface area contributed by atoms with Crippen LogP contribution < -0.4 is 0 Å². The van der Waals surface area contributed by atoms with Crippen molar-refractivity contribution in [1.29, 1.82) is 0 Å². The van der Waals surface area contributed by atoms with Crippen LogP contribution in [-0.4, -0.2) is 6.10 Å². The first-order chi connectivity index (χ1) is 6.43. The van der Waals surface area contributed by atoms with E-state index in [2.05, 4.69) is 6.92 Å². The van der Waals surface area contributed by atoms with Crippen molar-refractivity contribution >= 4 is 0 Å². The predicted octanol–water partition coefficient (Wildman–Crippen LogP) is 4.08. The maximum absolute atomic E-state index is 5.73. The molecule has 0 aromatic carbocycles. The van der Waals surface area contributed by atoms with Gasteiger partial charge in [0.1, 0.15) is 0 Å². The molecule has 1 radical (unpaired) electrons. The van der Waals surface area contributed by atoms with Gasteiger partial charge in [-0.1, -0.05) is 45.4 Å². The third kappa shape index (κ3) is 5.30. The van der Waals surface area contributed by atoms with Gasteiger partial charge in [0.2, 0.25) is 0 Å². The number of unbranched alkanes of at least 4 members (excludes halogenated alkanes) is 1. The molecule has 0 amide bonds. The minimum atomic E-state index is 0.534. The predicted molar refractivity (Wildman–Crippen MR) is 56.4 cm³/mol. The van der Waals surface area contributed by atoms with Crippen molar-refractivity contribution in [3.63, 3.8) is 0 Å². The Morgan fingerprint density at radius 2 is 1.69 bits per heavy atom. The Labute approximate surface area is 82.9 Å². The monoisotopic (exact) mass is 183 g/mol. The molecule has 77 valence electrons. The molecule has 0 unspecified atom stereocenters. The maximum Gasteiger partial charge on any atom is 0.0840 e. The molecular formula is C12H23O. The highest BCUT2D eigenvalue weighted by Gasteiger charge is 2.10. The summed E-state index contributed by atoms with van der Waals surface area (Å²) in [5.74, 6) is 0. The summed E-state index contributed by atoms with van der Waals surface area (Å²) in [6, 6.07) is 0. The van der Waals surface area contributed by atoms with Crippen molar-refractivity contribution in [3.05, 3.63) is 6.61 Å². The van der Waals surface area contributed by atoms with Crippen LogP contribution in [0, 0.1) is 6.61 Å². The van der Waals surface area contributed by atoms with Crippen LogP contribution in [0.3, 0.4) is 0 Å². The van der Waals surface area contributed by atoms with Crippen molar-refractivity contribution in [1.82, 2.24) is 0 Å².